The van der Waals surface area contributed by atoms with Gasteiger partial charge in [-0.2, -0.15) is 0 Å². The molecule has 1 atom stereocenters. The van der Waals surface area contributed by atoms with Crippen molar-refractivity contribution in [2.75, 3.05) is 0 Å². The van der Waals surface area contributed by atoms with E-state index in [4.69, 9.17) is 0 Å². The molecule has 0 heterocycles. The molecule has 134 valence electrons. The van der Waals surface area contributed by atoms with Crippen LogP contribution in [0.1, 0.15) is 34.7 Å². The van der Waals surface area contributed by atoms with Crippen molar-refractivity contribution < 1.29 is 0 Å². The van der Waals surface area contributed by atoms with Gasteiger partial charge in [0.15, 0.2) is 0 Å². The molecule has 1 unspecified atom stereocenters. The molecule has 0 saturated heterocycles. The van der Waals surface area contributed by atoms with Gasteiger partial charge in [0.1, 0.15) is 0 Å². The molecule has 0 fully saturated rings. The fraction of sp³-hybridized carbons (Fsp3) is 0.200. The molecule has 0 spiro atoms. The summed E-state index contributed by atoms with van der Waals surface area (Å²) in [5, 5.41) is 4.33. The zero-order chi connectivity index (χ0) is 18.8. The van der Waals surface area contributed by atoms with E-state index >= 15 is 0 Å². The summed E-state index contributed by atoms with van der Waals surface area (Å²) in [4.78, 5) is 0. The summed E-state index contributed by atoms with van der Waals surface area (Å²) < 4.78 is 1.26. The molecule has 0 nitrogen and oxygen atoms in total. The summed E-state index contributed by atoms with van der Waals surface area (Å²) in [6.07, 6.45) is 6.04. The number of hydrogen-bond acceptors (Lipinski definition) is 0. The van der Waals surface area contributed by atoms with Gasteiger partial charge in [0, 0.05) is 10.0 Å². The maximum Gasteiger partial charge on any atom is 0.0877 e. The van der Waals surface area contributed by atoms with Gasteiger partial charge in [-0.25, -0.2) is 0 Å². The van der Waals surface area contributed by atoms with Crippen molar-refractivity contribution in [3.63, 3.8) is 0 Å². The maximum absolute atomic E-state index is 3.92. The number of halogens is 1. The minimum absolute atomic E-state index is 0.550. The van der Waals surface area contributed by atoms with Crippen LogP contribution in [0.25, 0.3) is 22.9 Å². The topological polar surface area (TPSA) is 0 Å². The van der Waals surface area contributed by atoms with Crippen LogP contribution in [0.3, 0.4) is 0 Å². The highest BCUT2D eigenvalue weighted by Gasteiger charge is 2.42. The number of fused-ring (bicyclic) bond motifs is 3. The minimum atomic E-state index is -1.69. The minimum Gasteiger partial charge on any atom is -0.0750 e. The summed E-state index contributed by atoms with van der Waals surface area (Å²) in [5.41, 5.74) is 7.91. The SMILES string of the molecule is CC1=Cc2c(cc3ccccc3c2Br)C1[Si](C)(C)C1=Cc2ccccc2C1. The molecule has 0 radical (unpaired) electrons. The number of rotatable bonds is 2. The van der Waals surface area contributed by atoms with Gasteiger partial charge in [-0.3, -0.25) is 0 Å². The van der Waals surface area contributed by atoms with Gasteiger partial charge in [0.2, 0.25) is 0 Å². The van der Waals surface area contributed by atoms with E-state index < -0.39 is 8.07 Å². The van der Waals surface area contributed by atoms with Gasteiger partial charge in [-0.1, -0.05) is 90.6 Å². The largest absolute Gasteiger partial charge is 0.0877 e. The summed E-state index contributed by atoms with van der Waals surface area (Å²) in [5.74, 6) is 0. The fourth-order valence-electron chi connectivity index (χ4n) is 5.12. The Morgan fingerprint density at radius 1 is 0.963 bits per heavy atom. The van der Waals surface area contributed by atoms with Crippen molar-refractivity contribution in [3.8, 4) is 0 Å². The van der Waals surface area contributed by atoms with Crippen molar-refractivity contribution in [1.29, 1.82) is 0 Å². The first-order valence-electron chi connectivity index (χ1n) is 9.65. The Labute approximate surface area is 170 Å². The Hall–Kier alpha value is -1.90. The lowest BCUT2D eigenvalue weighted by molar-refractivity contribution is 1.06. The standard InChI is InChI=1S/C25H23BrSi/c1-16-12-22-23(15-19-10-6-7-11-21(19)24(22)26)25(16)27(2,3)20-13-17-8-4-5-9-18(17)14-20/h4-13,15,25H,14H2,1-3H3. The third-order valence-electron chi connectivity index (χ3n) is 6.51. The van der Waals surface area contributed by atoms with E-state index in [-0.39, 0.29) is 0 Å². The fourth-order valence-corrected chi connectivity index (χ4v) is 9.61. The van der Waals surface area contributed by atoms with Gasteiger partial charge in [0.25, 0.3) is 0 Å². The first kappa shape index (κ1) is 17.2. The van der Waals surface area contributed by atoms with Crippen LogP contribution in [0.15, 0.2) is 69.8 Å². The molecule has 27 heavy (non-hydrogen) atoms. The Morgan fingerprint density at radius 3 is 2.52 bits per heavy atom. The van der Waals surface area contributed by atoms with Crippen LogP contribution in [0.4, 0.5) is 0 Å². The normalized spacial score (nSPS) is 18.3. The first-order valence-corrected chi connectivity index (χ1v) is 13.5. The lowest BCUT2D eigenvalue weighted by Crippen LogP contribution is -2.38. The van der Waals surface area contributed by atoms with Crippen molar-refractivity contribution in [1.82, 2.24) is 0 Å². The Bertz CT molecular complexity index is 1150. The third-order valence-corrected chi connectivity index (χ3v) is 11.5. The third kappa shape index (κ3) is 2.54. The predicted octanol–water partition coefficient (Wildman–Crippen LogP) is 7.53. The van der Waals surface area contributed by atoms with E-state index in [9.17, 15) is 0 Å². The van der Waals surface area contributed by atoms with Crippen LogP contribution >= 0.6 is 15.9 Å². The second kappa shape index (κ2) is 6.05. The van der Waals surface area contributed by atoms with E-state index in [1.807, 2.05) is 0 Å². The molecule has 0 aliphatic heterocycles. The molecular weight excluding hydrogens is 408 g/mol. The average molecular weight is 431 g/mol. The van der Waals surface area contributed by atoms with Crippen LogP contribution in [0.2, 0.25) is 13.1 Å². The van der Waals surface area contributed by atoms with Gasteiger partial charge in [-0.15, -0.1) is 0 Å². The van der Waals surface area contributed by atoms with Crippen LogP contribution < -0.4 is 0 Å². The lowest BCUT2D eigenvalue weighted by Gasteiger charge is -2.34. The van der Waals surface area contributed by atoms with Gasteiger partial charge in [-0.05, 0) is 62.3 Å². The summed E-state index contributed by atoms with van der Waals surface area (Å²) in [6, 6.07) is 20.1. The quantitative estimate of drug-likeness (QED) is 0.368. The monoisotopic (exact) mass is 430 g/mol. The van der Waals surface area contributed by atoms with Gasteiger partial charge in [0.05, 0.1) is 8.07 Å². The van der Waals surface area contributed by atoms with E-state index in [2.05, 4.69) is 103 Å². The highest BCUT2D eigenvalue weighted by molar-refractivity contribution is 9.10. The molecule has 0 aromatic heterocycles. The highest BCUT2D eigenvalue weighted by atomic mass is 79.9. The Morgan fingerprint density at radius 2 is 1.70 bits per heavy atom. The molecule has 5 rings (SSSR count). The Kier molecular flexibility index (Phi) is 3.86. The first-order chi connectivity index (χ1) is 13.0. The predicted molar refractivity (Wildman–Crippen MR) is 124 cm³/mol. The molecule has 3 aromatic rings. The maximum atomic E-state index is 3.92. The number of hydrogen-bond donors (Lipinski definition) is 0. The van der Waals surface area contributed by atoms with Gasteiger partial charge >= 0.3 is 0 Å². The second-order valence-corrected chi connectivity index (χ2v) is 14.0. The van der Waals surface area contributed by atoms with E-state index in [0.29, 0.717) is 5.54 Å². The summed E-state index contributed by atoms with van der Waals surface area (Å²) in [7, 11) is -1.69. The van der Waals surface area contributed by atoms with E-state index in [1.165, 1.54) is 43.1 Å². The van der Waals surface area contributed by atoms with E-state index in [0.717, 1.165) is 6.42 Å². The Balaban J connectivity index is 1.65. The van der Waals surface area contributed by atoms with Crippen molar-refractivity contribution in [2.45, 2.75) is 32.0 Å². The van der Waals surface area contributed by atoms with Crippen molar-refractivity contribution in [3.05, 3.63) is 92.1 Å². The summed E-state index contributed by atoms with van der Waals surface area (Å²) in [6.45, 7) is 7.45. The molecule has 2 aliphatic rings. The molecule has 0 amide bonds. The number of allylic oxidation sites excluding steroid dienone is 2. The van der Waals surface area contributed by atoms with Crippen LogP contribution in [-0.2, 0) is 6.42 Å². The molecule has 0 N–H and O–H groups in total. The zero-order valence-electron chi connectivity index (χ0n) is 16.0. The molecule has 0 bridgehead atoms. The lowest BCUT2D eigenvalue weighted by atomic mass is 10.0. The summed E-state index contributed by atoms with van der Waals surface area (Å²) >= 11 is 3.92. The molecule has 0 saturated carbocycles. The van der Waals surface area contributed by atoms with Crippen LogP contribution in [0.5, 0.6) is 0 Å². The van der Waals surface area contributed by atoms with Crippen LogP contribution in [0, 0.1) is 0 Å². The number of benzene rings is 3. The molecule has 2 aliphatic carbocycles. The average Bonchev–Trinajstić information content (AvgIpc) is 3.23. The van der Waals surface area contributed by atoms with Crippen molar-refractivity contribution in [2.24, 2.45) is 0 Å². The molecular formula is C25H23BrSi. The smallest absolute Gasteiger partial charge is 0.0750 e. The van der Waals surface area contributed by atoms with E-state index in [1.54, 1.807) is 5.20 Å². The molecule has 3 aromatic carbocycles. The van der Waals surface area contributed by atoms with Crippen LogP contribution in [-0.4, -0.2) is 8.07 Å². The zero-order valence-corrected chi connectivity index (χ0v) is 18.6. The second-order valence-electron chi connectivity index (χ2n) is 8.50. The van der Waals surface area contributed by atoms with Gasteiger partial charge < -0.3 is 0 Å². The highest BCUT2D eigenvalue weighted by Crippen LogP contribution is 2.50. The molecule has 2 heteroatoms. The van der Waals surface area contributed by atoms with Crippen molar-refractivity contribution >= 4 is 46.9 Å².